The SMILES string of the molecule is C=C(CS)C(=O)Oc1ccc([N+](=O)[O-])cc1. The zero-order chi connectivity index (χ0) is 12.1. The van der Waals surface area contributed by atoms with Crippen LogP contribution in [0.3, 0.4) is 0 Å². The molecular weight excluding hydrogens is 230 g/mol. The van der Waals surface area contributed by atoms with Crippen molar-refractivity contribution >= 4 is 24.3 Å². The molecule has 0 bridgehead atoms. The molecular formula is C10H9NO4S. The van der Waals surface area contributed by atoms with Gasteiger partial charge in [-0.05, 0) is 12.1 Å². The van der Waals surface area contributed by atoms with Crippen LogP contribution in [0.2, 0.25) is 0 Å². The molecule has 0 spiro atoms. The molecule has 0 N–H and O–H groups in total. The van der Waals surface area contributed by atoms with Crippen LogP contribution in [-0.4, -0.2) is 16.6 Å². The minimum atomic E-state index is -0.594. The smallest absolute Gasteiger partial charge is 0.339 e. The van der Waals surface area contributed by atoms with Crippen LogP contribution in [-0.2, 0) is 4.79 Å². The fraction of sp³-hybridized carbons (Fsp3) is 0.100. The number of hydrogen-bond donors (Lipinski definition) is 1. The Bertz CT molecular complexity index is 427. The van der Waals surface area contributed by atoms with Crippen molar-refractivity contribution in [1.29, 1.82) is 0 Å². The summed E-state index contributed by atoms with van der Waals surface area (Å²) in [5, 5.41) is 10.4. The van der Waals surface area contributed by atoms with Crippen LogP contribution in [0.4, 0.5) is 5.69 Å². The number of esters is 1. The number of non-ortho nitro benzene ring substituents is 1. The van der Waals surface area contributed by atoms with Gasteiger partial charge >= 0.3 is 5.97 Å². The van der Waals surface area contributed by atoms with E-state index in [0.29, 0.717) is 0 Å². The number of carbonyl (C=O) groups excluding carboxylic acids is 1. The van der Waals surface area contributed by atoms with E-state index >= 15 is 0 Å². The molecule has 0 heterocycles. The minimum absolute atomic E-state index is 0.0622. The van der Waals surface area contributed by atoms with Gasteiger partial charge in [-0.1, -0.05) is 6.58 Å². The predicted octanol–water partition coefficient (Wildman–Crippen LogP) is 1.99. The monoisotopic (exact) mass is 239 g/mol. The molecule has 0 aromatic heterocycles. The lowest BCUT2D eigenvalue weighted by atomic mass is 10.3. The number of ether oxygens (including phenoxy) is 1. The van der Waals surface area contributed by atoms with Crippen LogP contribution in [0.5, 0.6) is 5.75 Å². The molecule has 0 radical (unpaired) electrons. The summed E-state index contributed by atoms with van der Waals surface area (Å²) in [4.78, 5) is 21.1. The number of hydrogen-bond acceptors (Lipinski definition) is 5. The molecule has 0 aliphatic heterocycles. The molecule has 5 nitrogen and oxygen atoms in total. The molecule has 1 aromatic rings. The molecule has 0 aliphatic rings. The van der Waals surface area contributed by atoms with Crippen LogP contribution in [0.1, 0.15) is 0 Å². The van der Waals surface area contributed by atoms with Gasteiger partial charge < -0.3 is 4.74 Å². The zero-order valence-corrected chi connectivity index (χ0v) is 9.15. The maximum absolute atomic E-state index is 11.3. The Hall–Kier alpha value is -1.82. The van der Waals surface area contributed by atoms with E-state index in [-0.39, 0.29) is 22.8 Å². The first-order valence-electron chi connectivity index (χ1n) is 4.30. The number of rotatable bonds is 4. The average Bonchev–Trinajstić information content (AvgIpc) is 2.28. The first-order chi connectivity index (χ1) is 7.54. The van der Waals surface area contributed by atoms with Gasteiger partial charge in [-0.3, -0.25) is 10.1 Å². The summed E-state index contributed by atoms with van der Waals surface area (Å²) in [6.45, 7) is 3.46. The van der Waals surface area contributed by atoms with E-state index < -0.39 is 10.9 Å². The minimum Gasteiger partial charge on any atom is -0.423 e. The molecule has 84 valence electrons. The Morgan fingerprint density at radius 3 is 2.44 bits per heavy atom. The van der Waals surface area contributed by atoms with Crippen LogP contribution >= 0.6 is 12.6 Å². The van der Waals surface area contributed by atoms with Crippen LogP contribution in [0.25, 0.3) is 0 Å². The summed E-state index contributed by atoms with van der Waals surface area (Å²) in [5.41, 5.74) is 0.162. The van der Waals surface area contributed by atoms with Crippen molar-refractivity contribution in [2.45, 2.75) is 0 Å². The first-order valence-corrected chi connectivity index (χ1v) is 4.93. The van der Waals surface area contributed by atoms with Crippen molar-refractivity contribution in [2.75, 3.05) is 5.75 Å². The van der Waals surface area contributed by atoms with E-state index in [1.807, 2.05) is 0 Å². The maximum atomic E-state index is 11.3. The van der Waals surface area contributed by atoms with E-state index in [2.05, 4.69) is 19.2 Å². The molecule has 0 amide bonds. The highest BCUT2D eigenvalue weighted by Crippen LogP contribution is 2.18. The van der Waals surface area contributed by atoms with Crippen LogP contribution < -0.4 is 4.74 Å². The third kappa shape index (κ3) is 3.09. The summed E-state index contributed by atoms with van der Waals surface area (Å²) >= 11 is 3.87. The van der Waals surface area contributed by atoms with Crippen LogP contribution in [0.15, 0.2) is 36.4 Å². The summed E-state index contributed by atoms with van der Waals surface area (Å²) in [6.07, 6.45) is 0. The number of nitro benzene ring substituents is 1. The maximum Gasteiger partial charge on any atom is 0.339 e. The van der Waals surface area contributed by atoms with E-state index in [0.717, 1.165) is 0 Å². The highest BCUT2D eigenvalue weighted by Gasteiger charge is 2.09. The fourth-order valence-corrected chi connectivity index (χ4v) is 1.01. The number of nitrogens with zero attached hydrogens (tertiary/aromatic N) is 1. The highest BCUT2D eigenvalue weighted by atomic mass is 32.1. The Morgan fingerprint density at radius 2 is 2.00 bits per heavy atom. The summed E-state index contributed by atoms with van der Waals surface area (Å²) in [7, 11) is 0. The van der Waals surface area contributed by atoms with E-state index in [1.54, 1.807) is 0 Å². The second-order valence-electron chi connectivity index (χ2n) is 2.90. The van der Waals surface area contributed by atoms with Crippen molar-refractivity contribution in [3.8, 4) is 5.75 Å². The van der Waals surface area contributed by atoms with Crippen LogP contribution in [0, 0.1) is 10.1 Å². The quantitative estimate of drug-likeness (QED) is 0.218. The normalized spacial score (nSPS) is 9.56. The molecule has 0 saturated heterocycles. The van der Waals surface area contributed by atoms with Gasteiger partial charge in [0, 0.05) is 23.5 Å². The second kappa shape index (κ2) is 5.32. The van der Waals surface area contributed by atoms with E-state index in [4.69, 9.17) is 4.74 Å². The Balaban J connectivity index is 2.72. The Kier molecular flexibility index (Phi) is 4.07. The van der Waals surface area contributed by atoms with Crippen molar-refractivity contribution in [3.05, 3.63) is 46.5 Å². The number of nitro groups is 1. The lowest BCUT2D eigenvalue weighted by Gasteiger charge is -2.03. The van der Waals surface area contributed by atoms with Gasteiger partial charge in [-0.15, -0.1) is 0 Å². The molecule has 16 heavy (non-hydrogen) atoms. The van der Waals surface area contributed by atoms with Crippen molar-refractivity contribution in [3.63, 3.8) is 0 Å². The average molecular weight is 239 g/mol. The van der Waals surface area contributed by atoms with Gasteiger partial charge in [0.1, 0.15) is 5.75 Å². The first kappa shape index (κ1) is 12.3. The number of benzene rings is 1. The zero-order valence-electron chi connectivity index (χ0n) is 8.25. The molecule has 0 aliphatic carbocycles. The largest absolute Gasteiger partial charge is 0.423 e. The Labute approximate surface area is 97.3 Å². The van der Waals surface area contributed by atoms with Gasteiger partial charge in [0.25, 0.3) is 5.69 Å². The predicted molar refractivity (Wildman–Crippen MR) is 61.7 cm³/mol. The lowest BCUT2D eigenvalue weighted by Crippen LogP contribution is -2.11. The number of thiol groups is 1. The standard InChI is InChI=1S/C10H9NO4S/c1-7(6-16)10(12)15-9-4-2-8(3-5-9)11(13)14/h2-5,16H,1,6H2. The molecule has 0 unspecified atom stereocenters. The van der Waals surface area contributed by atoms with Crippen molar-refractivity contribution < 1.29 is 14.5 Å². The van der Waals surface area contributed by atoms with Gasteiger partial charge in [-0.2, -0.15) is 12.6 Å². The highest BCUT2D eigenvalue weighted by molar-refractivity contribution is 7.80. The lowest BCUT2D eigenvalue weighted by molar-refractivity contribution is -0.384. The third-order valence-electron chi connectivity index (χ3n) is 1.74. The summed E-state index contributed by atoms with van der Waals surface area (Å²) < 4.78 is 4.89. The number of carbonyl (C=O) groups is 1. The van der Waals surface area contributed by atoms with Crippen molar-refractivity contribution in [1.82, 2.24) is 0 Å². The van der Waals surface area contributed by atoms with Gasteiger partial charge in [0.15, 0.2) is 0 Å². The third-order valence-corrected chi connectivity index (χ3v) is 2.12. The second-order valence-corrected chi connectivity index (χ2v) is 3.22. The molecule has 0 fully saturated rings. The van der Waals surface area contributed by atoms with E-state index in [1.165, 1.54) is 24.3 Å². The molecule has 0 atom stereocenters. The van der Waals surface area contributed by atoms with Gasteiger partial charge in [-0.25, -0.2) is 4.79 Å². The summed E-state index contributed by atoms with van der Waals surface area (Å²) in [6, 6.07) is 5.21. The summed E-state index contributed by atoms with van der Waals surface area (Å²) in [5.74, 6) is -0.159. The molecule has 1 rings (SSSR count). The molecule has 0 saturated carbocycles. The van der Waals surface area contributed by atoms with Gasteiger partial charge in [0.05, 0.1) is 4.92 Å². The van der Waals surface area contributed by atoms with E-state index in [9.17, 15) is 14.9 Å². The molecule has 6 heteroatoms. The van der Waals surface area contributed by atoms with Gasteiger partial charge in [0.2, 0.25) is 0 Å². The molecule has 1 aromatic carbocycles. The van der Waals surface area contributed by atoms with Crippen molar-refractivity contribution in [2.24, 2.45) is 0 Å². The Morgan fingerprint density at radius 1 is 1.44 bits per heavy atom. The topological polar surface area (TPSA) is 69.4 Å². The fourth-order valence-electron chi connectivity index (χ4n) is 0.880.